The molecule has 0 aliphatic carbocycles. The highest BCUT2D eigenvalue weighted by Gasteiger charge is 2.21. The van der Waals surface area contributed by atoms with Gasteiger partial charge in [0.25, 0.3) is 0 Å². The van der Waals surface area contributed by atoms with Gasteiger partial charge in [-0.2, -0.15) is 0 Å². The fraction of sp³-hybridized carbons (Fsp3) is 0.440. The molecule has 0 radical (unpaired) electrons. The summed E-state index contributed by atoms with van der Waals surface area (Å²) in [5, 5.41) is 7.68. The molecule has 1 aliphatic heterocycles. The molecule has 166 valence electrons. The topological polar surface area (TPSA) is 88.6 Å². The molecule has 1 fully saturated rings. The van der Waals surface area contributed by atoms with Crippen LogP contribution >= 0.6 is 0 Å². The number of esters is 1. The number of hydrogen-bond acceptors (Lipinski definition) is 5. The van der Waals surface area contributed by atoms with E-state index in [4.69, 9.17) is 20.6 Å². The molecule has 0 aromatic heterocycles. The molecule has 6 nitrogen and oxygen atoms in total. The number of rotatable bonds is 8. The van der Waals surface area contributed by atoms with Gasteiger partial charge in [0.05, 0.1) is 19.3 Å². The Hall–Kier alpha value is -2.70. The van der Waals surface area contributed by atoms with E-state index in [2.05, 4.69) is 18.7 Å². The van der Waals surface area contributed by atoms with E-state index in [0.29, 0.717) is 29.7 Å². The first kappa shape index (κ1) is 23.0. The first-order valence-electron chi connectivity index (χ1n) is 10.9. The lowest BCUT2D eigenvalue weighted by atomic mass is 9.96. The fourth-order valence-corrected chi connectivity index (χ4v) is 4.02. The average molecular weight is 424 g/mol. The number of methoxy groups -OCH3 is 1. The third kappa shape index (κ3) is 6.15. The largest absolute Gasteiger partial charge is 0.465 e. The number of nitrogen functional groups attached to an aromatic ring is 1. The van der Waals surface area contributed by atoms with Crippen LogP contribution in [-0.4, -0.2) is 49.6 Å². The predicted molar refractivity (Wildman–Crippen MR) is 123 cm³/mol. The maximum atomic E-state index is 12.2. The summed E-state index contributed by atoms with van der Waals surface area (Å²) in [6, 6.07) is 13.7. The minimum atomic E-state index is -0.383. The highest BCUT2D eigenvalue weighted by Crippen LogP contribution is 2.25. The molecule has 1 saturated heterocycles. The molecule has 3 N–H and O–H groups in total. The Balaban J connectivity index is 1.71. The van der Waals surface area contributed by atoms with Crippen LogP contribution in [0.4, 0.5) is 0 Å². The first-order valence-corrected chi connectivity index (χ1v) is 10.9. The van der Waals surface area contributed by atoms with Crippen molar-refractivity contribution in [2.24, 2.45) is 11.7 Å². The van der Waals surface area contributed by atoms with Crippen LogP contribution in [0.3, 0.4) is 0 Å². The molecule has 0 atom stereocenters. The number of amidine groups is 1. The Morgan fingerprint density at radius 1 is 1.13 bits per heavy atom. The van der Waals surface area contributed by atoms with E-state index < -0.39 is 0 Å². The van der Waals surface area contributed by atoms with Crippen molar-refractivity contribution in [2.45, 2.75) is 39.3 Å². The Morgan fingerprint density at radius 2 is 1.84 bits per heavy atom. The van der Waals surface area contributed by atoms with Gasteiger partial charge in [0, 0.05) is 18.2 Å². The van der Waals surface area contributed by atoms with Crippen LogP contribution in [0.15, 0.2) is 42.5 Å². The number of carbonyl (C=O) groups is 1. The molecule has 0 bridgehead atoms. The highest BCUT2D eigenvalue weighted by molar-refractivity contribution is 5.96. The van der Waals surface area contributed by atoms with Crippen LogP contribution in [-0.2, 0) is 16.1 Å². The second kappa shape index (κ2) is 10.6. The fourth-order valence-electron chi connectivity index (χ4n) is 4.02. The minimum Gasteiger partial charge on any atom is -0.465 e. The maximum absolute atomic E-state index is 12.2. The number of piperidine rings is 1. The van der Waals surface area contributed by atoms with Crippen molar-refractivity contribution >= 4 is 11.8 Å². The lowest BCUT2D eigenvalue weighted by Gasteiger charge is -2.34. The van der Waals surface area contributed by atoms with E-state index in [9.17, 15) is 4.79 Å². The lowest BCUT2D eigenvalue weighted by molar-refractivity contribution is 0.0511. The second-order valence-electron chi connectivity index (χ2n) is 8.49. The summed E-state index contributed by atoms with van der Waals surface area (Å²) in [7, 11) is 1.38. The van der Waals surface area contributed by atoms with Gasteiger partial charge in [-0.3, -0.25) is 5.41 Å². The Morgan fingerprint density at radius 3 is 2.48 bits per heavy atom. The summed E-state index contributed by atoms with van der Waals surface area (Å²) in [5.74, 6) is 0.204. The second-order valence-corrected chi connectivity index (χ2v) is 8.49. The van der Waals surface area contributed by atoms with Crippen molar-refractivity contribution in [1.29, 1.82) is 5.41 Å². The van der Waals surface area contributed by atoms with E-state index in [0.717, 1.165) is 49.2 Å². The van der Waals surface area contributed by atoms with Crippen LogP contribution in [0.1, 0.15) is 48.2 Å². The van der Waals surface area contributed by atoms with Gasteiger partial charge in [-0.05, 0) is 86.7 Å². The van der Waals surface area contributed by atoms with Crippen LogP contribution in [0, 0.1) is 11.3 Å². The van der Waals surface area contributed by atoms with Gasteiger partial charge in [0.15, 0.2) is 0 Å². The summed E-state index contributed by atoms with van der Waals surface area (Å²) in [5.41, 5.74) is 9.45. The zero-order chi connectivity index (χ0) is 22.4. The van der Waals surface area contributed by atoms with Crippen molar-refractivity contribution < 1.29 is 14.3 Å². The minimum absolute atomic E-state index is 0.0121. The first-order chi connectivity index (χ1) is 14.9. The summed E-state index contributed by atoms with van der Waals surface area (Å²) < 4.78 is 11.0. The summed E-state index contributed by atoms with van der Waals surface area (Å²) in [6.07, 6.45) is 2.31. The summed E-state index contributed by atoms with van der Waals surface area (Å²) >= 11 is 0. The number of ether oxygens (including phenoxy) is 2. The molecule has 2 aromatic carbocycles. The van der Waals surface area contributed by atoms with E-state index in [1.165, 1.54) is 7.11 Å². The number of nitrogens with two attached hydrogens (primary N) is 1. The van der Waals surface area contributed by atoms with Crippen molar-refractivity contribution in [3.8, 4) is 11.1 Å². The SMILES string of the molecule is COC(=O)c1cc(COCC2CCN(C(C)C)CC2)cc(-c2cccc(C(=N)N)c2)c1. The third-order valence-electron chi connectivity index (χ3n) is 5.92. The molecule has 0 saturated carbocycles. The van der Waals surface area contributed by atoms with Crippen LogP contribution in [0.2, 0.25) is 0 Å². The standard InChI is InChI=1S/C25H33N3O3/c1-17(2)28-9-7-18(8-10-28)15-31-16-19-11-22(14-23(12-19)25(29)30-3)20-5-4-6-21(13-20)24(26)27/h4-6,11-14,17-18H,7-10,15-16H2,1-3H3,(H3,26,27). The Kier molecular flexibility index (Phi) is 7.82. The zero-order valence-corrected chi connectivity index (χ0v) is 18.7. The number of hydrogen-bond donors (Lipinski definition) is 2. The van der Waals surface area contributed by atoms with E-state index in [1.807, 2.05) is 30.3 Å². The van der Waals surface area contributed by atoms with Gasteiger partial charge in [-0.15, -0.1) is 0 Å². The third-order valence-corrected chi connectivity index (χ3v) is 5.92. The molecule has 31 heavy (non-hydrogen) atoms. The van der Waals surface area contributed by atoms with Gasteiger partial charge < -0.3 is 20.1 Å². The van der Waals surface area contributed by atoms with Crippen molar-refractivity contribution in [3.05, 3.63) is 59.2 Å². The van der Waals surface area contributed by atoms with Crippen molar-refractivity contribution in [3.63, 3.8) is 0 Å². The molecule has 2 aromatic rings. The van der Waals surface area contributed by atoms with E-state index in [-0.39, 0.29) is 11.8 Å². The normalized spacial score (nSPS) is 15.2. The van der Waals surface area contributed by atoms with Crippen LogP contribution < -0.4 is 5.73 Å². The Labute approximate surface area is 184 Å². The average Bonchev–Trinajstić information content (AvgIpc) is 2.78. The summed E-state index contributed by atoms with van der Waals surface area (Å²) in [6.45, 7) is 7.90. The molecular formula is C25H33N3O3. The summed E-state index contributed by atoms with van der Waals surface area (Å²) in [4.78, 5) is 14.7. The number of nitrogens with one attached hydrogen (secondary N) is 1. The highest BCUT2D eigenvalue weighted by atomic mass is 16.5. The number of carbonyl (C=O) groups excluding carboxylic acids is 1. The number of likely N-dealkylation sites (tertiary alicyclic amines) is 1. The molecule has 6 heteroatoms. The monoisotopic (exact) mass is 423 g/mol. The van der Waals surface area contributed by atoms with Gasteiger partial charge in [-0.25, -0.2) is 4.79 Å². The van der Waals surface area contributed by atoms with Gasteiger partial charge in [0.2, 0.25) is 0 Å². The van der Waals surface area contributed by atoms with Gasteiger partial charge in [0.1, 0.15) is 5.84 Å². The molecule has 0 spiro atoms. The zero-order valence-electron chi connectivity index (χ0n) is 18.7. The molecule has 1 aliphatic rings. The van der Waals surface area contributed by atoms with Gasteiger partial charge in [-0.1, -0.05) is 18.2 Å². The van der Waals surface area contributed by atoms with Crippen molar-refractivity contribution in [2.75, 3.05) is 26.8 Å². The van der Waals surface area contributed by atoms with E-state index in [1.54, 1.807) is 12.1 Å². The molecule has 1 heterocycles. The van der Waals surface area contributed by atoms with Crippen molar-refractivity contribution in [1.82, 2.24) is 4.90 Å². The van der Waals surface area contributed by atoms with E-state index >= 15 is 0 Å². The Bertz CT molecular complexity index is 918. The number of nitrogens with zero attached hydrogens (tertiary/aromatic N) is 1. The molecule has 3 rings (SSSR count). The lowest BCUT2D eigenvalue weighted by Crippen LogP contribution is -2.39. The molecular weight excluding hydrogens is 390 g/mol. The van der Waals surface area contributed by atoms with Crippen LogP contribution in [0.25, 0.3) is 11.1 Å². The molecule has 0 amide bonds. The van der Waals surface area contributed by atoms with Crippen LogP contribution in [0.5, 0.6) is 0 Å². The molecule has 0 unspecified atom stereocenters. The predicted octanol–water partition coefficient (Wildman–Crippen LogP) is 4.06. The maximum Gasteiger partial charge on any atom is 0.337 e. The van der Waals surface area contributed by atoms with Gasteiger partial charge >= 0.3 is 5.97 Å². The number of benzene rings is 2. The smallest absolute Gasteiger partial charge is 0.337 e. The quantitative estimate of drug-likeness (QED) is 0.380.